The van der Waals surface area contributed by atoms with Crippen molar-refractivity contribution < 1.29 is 18.7 Å². The summed E-state index contributed by atoms with van der Waals surface area (Å²) < 4.78 is 19.8. The van der Waals surface area contributed by atoms with Crippen LogP contribution in [0.4, 0.5) is 10.1 Å². The number of carbonyl (C=O) groups is 2. The first-order chi connectivity index (χ1) is 13.5. The molecule has 2 aromatic carbocycles. The van der Waals surface area contributed by atoms with E-state index in [-0.39, 0.29) is 10.7 Å². The normalized spacial score (nSPS) is 13.1. The number of nitrogens with zero attached hydrogens (tertiary/aromatic N) is 1. The Kier molecular flexibility index (Phi) is 7.36. The van der Waals surface area contributed by atoms with Crippen LogP contribution in [0.25, 0.3) is 0 Å². The van der Waals surface area contributed by atoms with Crippen molar-refractivity contribution in [3.05, 3.63) is 64.4 Å². The maximum atomic E-state index is 13.7. The molecule has 3 rings (SSSR count). The lowest BCUT2D eigenvalue weighted by Crippen LogP contribution is -2.22. The molecule has 146 valence electrons. The van der Waals surface area contributed by atoms with Crippen molar-refractivity contribution in [3.8, 4) is 0 Å². The molecule has 1 heterocycles. The maximum absolute atomic E-state index is 13.7. The Morgan fingerprint density at radius 1 is 1.29 bits per heavy atom. The standard InChI is InChI=1S/C19H16ClFN2O3S2/c20-13-5-6-16(15(21)9-13)23-17(24)10-26-18(25)14-4-2-1-3-12(14)11-28-19-22-7-8-27-19/h1-6,9H,7-8,10-11H2,(H,23,24). The van der Waals surface area contributed by atoms with Crippen LogP contribution < -0.4 is 5.32 Å². The van der Waals surface area contributed by atoms with Gasteiger partial charge in [-0.25, -0.2) is 9.18 Å². The first-order valence-corrected chi connectivity index (χ1v) is 10.7. The fourth-order valence-electron chi connectivity index (χ4n) is 2.37. The molecule has 28 heavy (non-hydrogen) atoms. The van der Waals surface area contributed by atoms with E-state index in [1.54, 1.807) is 35.7 Å². The summed E-state index contributed by atoms with van der Waals surface area (Å²) in [7, 11) is 0. The highest BCUT2D eigenvalue weighted by atomic mass is 35.5. The molecule has 0 fully saturated rings. The number of amides is 1. The Bertz CT molecular complexity index is 924. The number of carbonyl (C=O) groups excluding carboxylic acids is 2. The van der Waals surface area contributed by atoms with E-state index in [1.165, 1.54) is 12.1 Å². The van der Waals surface area contributed by atoms with Crippen LogP contribution in [0, 0.1) is 5.82 Å². The van der Waals surface area contributed by atoms with Gasteiger partial charge < -0.3 is 10.1 Å². The average Bonchev–Trinajstić information content (AvgIpc) is 3.20. The molecule has 0 atom stereocenters. The van der Waals surface area contributed by atoms with Gasteiger partial charge in [-0.05, 0) is 29.8 Å². The first-order valence-electron chi connectivity index (χ1n) is 8.33. The number of esters is 1. The highest BCUT2D eigenvalue weighted by molar-refractivity contribution is 8.38. The predicted molar refractivity (Wildman–Crippen MR) is 113 cm³/mol. The monoisotopic (exact) mass is 438 g/mol. The summed E-state index contributed by atoms with van der Waals surface area (Å²) in [5.41, 5.74) is 1.16. The fraction of sp³-hybridized carbons (Fsp3) is 0.211. The number of rotatable bonds is 6. The van der Waals surface area contributed by atoms with Crippen molar-refractivity contribution in [1.82, 2.24) is 0 Å². The van der Waals surface area contributed by atoms with E-state index in [1.807, 2.05) is 12.1 Å². The topological polar surface area (TPSA) is 67.8 Å². The van der Waals surface area contributed by atoms with Gasteiger partial charge in [0.15, 0.2) is 6.61 Å². The van der Waals surface area contributed by atoms with Crippen LogP contribution in [0.1, 0.15) is 15.9 Å². The third-order valence-corrected chi connectivity index (χ3v) is 6.22. The Labute approximate surface area is 175 Å². The van der Waals surface area contributed by atoms with E-state index in [4.69, 9.17) is 16.3 Å². The average molecular weight is 439 g/mol. The summed E-state index contributed by atoms with van der Waals surface area (Å²) >= 11 is 8.94. The summed E-state index contributed by atoms with van der Waals surface area (Å²) in [4.78, 5) is 28.7. The molecule has 0 unspecified atom stereocenters. The number of nitrogens with one attached hydrogen (secondary N) is 1. The van der Waals surface area contributed by atoms with Gasteiger partial charge in [-0.15, -0.1) is 0 Å². The van der Waals surface area contributed by atoms with E-state index in [2.05, 4.69) is 10.3 Å². The van der Waals surface area contributed by atoms with Gasteiger partial charge in [0.1, 0.15) is 10.2 Å². The molecule has 0 aromatic heterocycles. The summed E-state index contributed by atoms with van der Waals surface area (Å²) in [5.74, 6) is -0.349. The van der Waals surface area contributed by atoms with Crippen molar-refractivity contribution in [3.63, 3.8) is 0 Å². The van der Waals surface area contributed by atoms with Crippen LogP contribution in [-0.4, -0.2) is 35.2 Å². The molecule has 0 saturated heterocycles. The zero-order valence-electron chi connectivity index (χ0n) is 14.6. The minimum atomic E-state index is -0.665. The molecule has 1 aliphatic rings. The number of benzene rings is 2. The molecule has 1 aliphatic heterocycles. The summed E-state index contributed by atoms with van der Waals surface area (Å²) in [6, 6.07) is 10.9. The van der Waals surface area contributed by atoms with E-state index in [9.17, 15) is 14.0 Å². The zero-order valence-corrected chi connectivity index (χ0v) is 17.0. The van der Waals surface area contributed by atoms with Crippen LogP contribution >= 0.6 is 35.1 Å². The summed E-state index contributed by atoms with van der Waals surface area (Å²) in [6.07, 6.45) is 0. The molecule has 5 nitrogen and oxygen atoms in total. The molecule has 0 aliphatic carbocycles. The summed E-state index contributed by atoms with van der Waals surface area (Å²) in [6.45, 7) is 0.297. The lowest BCUT2D eigenvalue weighted by atomic mass is 10.1. The minimum Gasteiger partial charge on any atom is -0.452 e. The number of ether oxygens (including phenoxy) is 1. The lowest BCUT2D eigenvalue weighted by Gasteiger charge is -2.10. The highest BCUT2D eigenvalue weighted by Gasteiger charge is 2.16. The SMILES string of the molecule is O=C(COC(=O)c1ccccc1CSC1=NCCS1)Nc1ccc(Cl)cc1F. The van der Waals surface area contributed by atoms with Crippen LogP contribution in [0.2, 0.25) is 5.02 Å². The van der Waals surface area contributed by atoms with Crippen molar-refractivity contribution in [2.45, 2.75) is 5.75 Å². The van der Waals surface area contributed by atoms with E-state index in [0.29, 0.717) is 11.3 Å². The number of hydrogen-bond acceptors (Lipinski definition) is 6. The van der Waals surface area contributed by atoms with E-state index < -0.39 is 24.3 Å². The number of aliphatic imine (C=N–C) groups is 1. The van der Waals surface area contributed by atoms with Crippen LogP contribution in [0.5, 0.6) is 0 Å². The number of hydrogen-bond donors (Lipinski definition) is 1. The lowest BCUT2D eigenvalue weighted by molar-refractivity contribution is -0.119. The zero-order chi connectivity index (χ0) is 19.9. The van der Waals surface area contributed by atoms with Gasteiger partial charge in [-0.3, -0.25) is 9.79 Å². The smallest absolute Gasteiger partial charge is 0.338 e. The quantitative estimate of drug-likeness (QED) is 0.667. The molecule has 0 radical (unpaired) electrons. The fourth-order valence-corrected chi connectivity index (χ4v) is 4.55. The molecule has 1 amide bonds. The van der Waals surface area contributed by atoms with Gasteiger partial charge in [0.2, 0.25) is 0 Å². The molecule has 9 heteroatoms. The van der Waals surface area contributed by atoms with Crippen molar-refractivity contribution in [1.29, 1.82) is 0 Å². The Morgan fingerprint density at radius 2 is 2.11 bits per heavy atom. The van der Waals surface area contributed by atoms with E-state index in [0.717, 1.165) is 28.3 Å². The molecule has 2 aromatic rings. The van der Waals surface area contributed by atoms with Gasteiger partial charge >= 0.3 is 5.97 Å². The van der Waals surface area contributed by atoms with Gasteiger partial charge in [0, 0.05) is 16.5 Å². The second-order valence-electron chi connectivity index (χ2n) is 5.69. The second kappa shape index (κ2) is 9.95. The molecular formula is C19H16ClFN2O3S2. The molecule has 1 N–H and O–H groups in total. The molecule has 0 spiro atoms. The van der Waals surface area contributed by atoms with E-state index >= 15 is 0 Å². The first kappa shape index (κ1) is 20.7. The van der Waals surface area contributed by atoms with Crippen LogP contribution in [0.3, 0.4) is 0 Å². The second-order valence-corrected chi connectivity index (χ2v) is 8.43. The van der Waals surface area contributed by atoms with Crippen molar-refractivity contribution in [2.24, 2.45) is 4.99 Å². The number of halogens is 2. The Hall–Kier alpha value is -2.03. The van der Waals surface area contributed by atoms with Crippen molar-refractivity contribution >= 4 is 57.1 Å². The Morgan fingerprint density at radius 3 is 2.86 bits per heavy atom. The Balaban J connectivity index is 1.56. The summed E-state index contributed by atoms with van der Waals surface area (Å²) in [5, 5.41) is 2.57. The van der Waals surface area contributed by atoms with Crippen LogP contribution in [-0.2, 0) is 15.3 Å². The largest absolute Gasteiger partial charge is 0.452 e. The highest BCUT2D eigenvalue weighted by Crippen LogP contribution is 2.26. The molecule has 0 saturated carbocycles. The predicted octanol–water partition coefficient (Wildman–Crippen LogP) is 4.61. The third-order valence-electron chi connectivity index (χ3n) is 3.69. The van der Waals surface area contributed by atoms with Gasteiger partial charge in [-0.2, -0.15) is 0 Å². The molecular weight excluding hydrogens is 423 g/mol. The third kappa shape index (κ3) is 5.73. The van der Waals surface area contributed by atoms with Crippen LogP contribution in [0.15, 0.2) is 47.5 Å². The number of thioether (sulfide) groups is 2. The van der Waals surface area contributed by atoms with Gasteiger partial charge in [-0.1, -0.05) is 53.3 Å². The number of anilines is 1. The van der Waals surface area contributed by atoms with Gasteiger partial charge in [0.25, 0.3) is 5.91 Å². The van der Waals surface area contributed by atoms with Gasteiger partial charge in [0.05, 0.1) is 17.8 Å². The van der Waals surface area contributed by atoms with Crippen molar-refractivity contribution in [2.75, 3.05) is 24.2 Å². The maximum Gasteiger partial charge on any atom is 0.338 e. The minimum absolute atomic E-state index is 0.0305. The molecule has 0 bridgehead atoms.